The van der Waals surface area contributed by atoms with E-state index in [1.54, 1.807) is 6.92 Å². The fourth-order valence-electron chi connectivity index (χ4n) is 4.75. The third kappa shape index (κ3) is 4.72. The van der Waals surface area contributed by atoms with E-state index in [4.69, 9.17) is 14.2 Å². The largest absolute Gasteiger partial charge is 0.462 e. The van der Waals surface area contributed by atoms with Crippen molar-refractivity contribution in [3.05, 3.63) is 11.6 Å². The molecule has 0 aromatic rings. The summed E-state index contributed by atoms with van der Waals surface area (Å²) in [5, 5.41) is 49.8. The molecule has 3 aliphatic rings. The standard InChI is InChI=1S/C21H34O9/c1-9-6-14-13(11(3)20(27)28-14)5-4-12(9)15(7-10(2)23)29-21-19(26)18(25)17(24)16(8-22)30-21/h4,9-11,13-19,21-26H,5-8H2,1-3H3/t9-,10-,11-,13+,14+,15+,16+,17+,18-,19+,21+/m0/s1. The average Bonchev–Trinajstić information content (AvgIpc) is 2.85. The molecule has 9 nitrogen and oxygen atoms in total. The van der Waals surface area contributed by atoms with Gasteiger partial charge in [0.25, 0.3) is 0 Å². The summed E-state index contributed by atoms with van der Waals surface area (Å²) in [6.07, 6.45) is -4.85. The number of carbonyl (C=O) groups is 1. The third-order valence-electron chi connectivity index (χ3n) is 6.61. The van der Waals surface area contributed by atoms with Crippen molar-refractivity contribution < 1.29 is 44.5 Å². The van der Waals surface area contributed by atoms with E-state index in [1.165, 1.54) is 0 Å². The van der Waals surface area contributed by atoms with Gasteiger partial charge in [0.15, 0.2) is 6.29 Å². The molecule has 2 fully saturated rings. The minimum atomic E-state index is -1.53. The van der Waals surface area contributed by atoms with Crippen molar-refractivity contribution in [2.45, 2.75) is 89.1 Å². The summed E-state index contributed by atoms with van der Waals surface area (Å²) in [6.45, 7) is 4.95. The second-order valence-electron chi connectivity index (χ2n) is 8.91. The van der Waals surface area contributed by atoms with E-state index in [0.717, 1.165) is 5.57 Å². The molecule has 0 saturated carbocycles. The first kappa shape index (κ1) is 23.6. The zero-order chi connectivity index (χ0) is 22.2. The van der Waals surface area contributed by atoms with Gasteiger partial charge in [0.1, 0.15) is 30.5 Å². The predicted octanol–water partition coefficient (Wildman–Crippen LogP) is -0.524. The Labute approximate surface area is 176 Å². The normalized spacial score (nSPS) is 43.9. The molecule has 172 valence electrons. The molecular formula is C21H34O9. The first-order valence-corrected chi connectivity index (χ1v) is 10.7. The Balaban J connectivity index is 1.80. The van der Waals surface area contributed by atoms with Crippen LogP contribution in [0.3, 0.4) is 0 Å². The number of carbonyl (C=O) groups excluding carboxylic acids is 1. The highest BCUT2D eigenvalue weighted by Gasteiger charge is 2.47. The van der Waals surface area contributed by atoms with Gasteiger partial charge < -0.3 is 39.7 Å². The molecule has 11 atom stereocenters. The summed E-state index contributed by atoms with van der Waals surface area (Å²) in [6, 6.07) is 0. The quantitative estimate of drug-likeness (QED) is 0.277. The topological polar surface area (TPSA) is 146 Å². The van der Waals surface area contributed by atoms with Crippen molar-refractivity contribution in [2.75, 3.05) is 6.61 Å². The lowest BCUT2D eigenvalue weighted by molar-refractivity contribution is -0.309. The van der Waals surface area contributed by atoms with Crippen LogP contribution in [0.1, 0.15) is 40.0 Å². The van der Waals surface area contributed by atoms with Crippen molar-refractivity contribution in [2.24, 2.45) is 17.8 Å². The van der Waals surface area contributed by atoms with Gasteiger partial charge in [0.2, 0.25) is 0 Å². The van der Waals surface area contributed by atoms with Crippen LogP contribution < -0.4 is 0 Å². The molecule has 1 aliphatic carbocycles. The molecule has 0 bridgehead atoms. The van der Waals surface area contributed by atoms with E-state index in [9.17, 15) is 30.3 Å². The Morgan fingerprint density at radius 3 is 2.53 bits per heavy atom. The van der Waals surface area contributed by atoms with E-state index >= 15 is 0 Å². The molecule has 3 rings (SSSR count). The molecule has 9 heteroatoms. The SMILES string of the molecule is C[C@H](O)C[C@@H](O[C@@H]1O[C@H](CO)[C@@H](O)[C@H](O)[C@H]1O)C1=CC[C@@H]2[C@H](C)C(=O)O[C@@H]2C[C@@H]1C. The second kappa shape index (κ2) is 9.60. The minimum Gasteiger partial charge on any atom is -0.462 e. The second-order valence-corrected chi connectivity index (χ2v) is 8.91. The van der Waals surface area contributed by atoms with Gasteiger partial charge in [-0.2, -0.15) is 0 Å². The highest BCUT2D eigenvalue weighted by atomic mass is 16.7. The van der Waals surface area contributed by atoms with Gasteiger partial charge in [-0.25, -0.2) is 0 Å². The van der Waals surface area contributed by atoms with Crippen LogP contribution in [0, 0.1) is 17.8 Å². The molecule has 2 saturated heterocycles. The van der Waals surface area contributed by atoms with Crippen molar-refractivity contribution in [3.8, 4) is 0 Å². The lowest BCUT2D eigenvalue weighted by atomic mass is 9.86. The number of esters is 1. The Hall–Kier alpha value is -1.07. The maximum atomic E-state index is 11.9. The van der Waals surface area contributed by atoms with E-state index < -0.39 is 49.5 Å². The fraction of sp³-hybridized carbons (Fsp3) is 0.857. The van der Waals surface area contributed by atoms with Crippen LogP contribution in [0.4, 0.5) is 0 Å². The average molecular weight is 430 g/mol. The van der Waals surface area contributed by atoms with E-state index in [2.05, 4.69) is 0 Å². The predicted molar refractivity (Wildman–Crippen MR) is 104 cm³/mol. The third-order valence-corrected chi connectivity index (χ3v) is 6.61. The Kier molecular flexibility index (Phi) is 7.55. The van der Waals surface area contributed by atoms with Crippen LogP contribution in [0.5, 0.6) is 0 Å². The van der Waals surface area contributed by atoms with Crippen molar-refractivity contribution in [3.63, 3.8) is 0 Å². The fourth-order valence-corrected chi connectivity index (χ4v) is 4.75. The molecule has 2 aliphatic heterocycles. The molecule has 2 heterocycles. The van der Waals surface area contributed by atoms with Crippen LogP contribution in [-0.2, 0) is 19.0 Å². The first-order chi connectivity index (χ1) is 14.1. The molecule has 5 N–H and O–H groups in total. The zero-order valence-corrected chi connectivity index (χ0v) is 17.6. The number of hydrogen-bond acceptors (Lipinski definition) is 9. The van der Waals surface area contributed by atoms with Crippen molar-refractivity contribution in [1.29, 1.82) is 0 Å². The Morgan fingerprint density at radius 1 is 1.20 bits per heavy atom. The Bertz CT molecular complexity index is 634. The highest BCUT2D eigenvalue weighted by molar-refractivity contribution is 5.74. The molecule has 0 unspecified atom stereocenters. The van der Waals surface area contributed by atoms with E-state index in [0.29, 0.717) is 12.8 Å². The molecular weight excluding hydrogens is 396 g/mol. The van der Waals surface area contributed by atoms with E-state index in [1.807, 2.05) is 19.9 Å². The summed E-state index contributed by atoms with van der Waals surface area (Å²) in [4.78, 5) is 11.9. The maximum Gasteiger partial charge on any atom is 0.309 e. The van der Waals surface area contributed by atoms with Gasteiger partial charge in [-0.3, -0.25) is 4.79 Å². The molecule has 0 aromatic heterocycles. The zero-order valence-electron chi connectivity index (χ0n) is 17.6. The Morgan fingerprint density at radius 2 is 1.90 bits per heavy atom. The maximum absolute atomic E-state index is 11.9. The molecule has 0 aromatic carbocycles. The van der Waals surface area contributed by atoms with Crippen LogP contribution in [0.15, 0.2) is 11.6 Å². The number of fused-ring (bicyclic) bond motifs is 1. The van der Waals surface area contributed by atoms with Gasteiger partial charge in [-0.15, -0.1) is 0 Å². The smallest absolute Gasteiger partial charge is 0.309 e. The van der Waals surface area contributed by atoms with Gasteiger partial charge >= 0.3 is 5.97 Å². The van der Waals surface area contributed by atoms with Gasteiger partial charge in [-0.05, 0) is 31.3 Å². The molecule has 0 spiro atoms. The first-order valence-electron chi connectivity index (χ1n) is 10.7. The summed E-state index contributed by atoms with van der Waals surface area (Å²) in [7, 11) is 0. The monoisotopic (exact) mass is 430 g/mol. The van der Waals surface area contributed by atoms with Crippen LogP contribution in [0.2, 0.25) is 0 Å². The highest BCUT2D eigenvalue weighted by Crippen LogP contribution is 2.41. The number of hydrogen-bond donors (Lipinski definition) is 5. The lowest BCUT2D eigenvalue weighted by Crippen LogP contribution is -2.59. The number of aliphatic hydroxyl groups excluding tert-OH is 5. The molecule has 0 radical (unpaired) electrons. The van der Waals surface area contributed by atoms with Gasteiger partial charge in [-0.1, -0.05) is 19.9 Å². The lowest BCUT2D eigenvalue weighted by Gasteiger charge is -2.41. The molecule has 0 amide bonds. The summed E-state index contributed by atoms with van der Waals surface area (Å²) >= 11 is 0. The van der Waals surface area contributed by atoms with Crippen molar-refractivity contribution >= 4 is 5.97 Å². The van der Waals surface area contributed by atoms with Crippen LogP contribution in [0.25, 0.3) is 0 Å². The number of allylic oxidation sites excluding steroid dienone is 1. The molecule has 30 heavy (non-hydrogen) atoms. The van der Waals surface area contributed by atoms with Gasteiger partial charge in [0.05, 0.1) is 24.7 Å². The van der Waals surface area contributed by atoms with Crippen LogP contribution >= 0.6 is 0 Å². The number of rotatable bonds is 6. The number of aliphatic hydroxyl groups is 5. The van der Waals surface area contributed by atoms with Crippen LogP contribution in [-0.4, -0.2) is 87.1 Å². The minimum absolute atomic E-state index is 0.00765. The van der Waals surface area contributed by atoms with E-state index in [-0.39, 0.29) is 36.2 Å². The summed E-state index contributed by atoms with van der Waals surface area (Å²) in [5.74, 6) is -0.282. The summed E-state index contributed by atoms with van der Waals surface area (Å²) < 4.78 is 17.0. The van der Waals surface area contributed by atoms with Gasteiger partial charge in [0, 0.05) is 12.3 Å². The van der Waals surface area contributed by atoms with Crippen molar-refractivity contribution in [1.82, 2.24) is 0 Å². The number of ether oxygens (including phenoxy) is 3. The summed E-state index contributed by atoms with van der Waals surface area (Å²) in [5.41, 5.74) is 0.908.